The molecule has 0 saturated carbocycles. The van der Waals surface area contributed by atoms with Crippen LogP contribution in [0.3, 0.4) is 0 Å². The Bertz CT molecular complexity index is 1230. The van der Waals surface area contributed by atoms with E-state index >= 15 is 0 Å². The molecule has 3 aromatic rings. The number of para-hydroxylation sites is 1. The molecule has 2 heterocycles. The summed E-state index contributed by atoms with van der Waals surface area (Å²) in [5.74, 6) is 0.421. The van der Waals surface area contributed by atoms with Gasteiger partial charge in [0.25, 0.3) is 5.91 Å². The number of amidine groups is 1. The number of hydrogen-bond acceptors (Lipinski definition) is 6. The van der Waals surface area contributed by atoms with Crippen LogP contribution < -0.4 is 15.0 Å². The molecule has 1 aromatic heterocycles. The van der Waals surface area contributed by atoms with E-state index in [0.29, 0.717) is 33.1 Å². The number of carbonyl (C=O) groups excluding carboxylic acids is 2. The summed E-state index contributed by atoms with van der Waals surface area (Å²) in [6, 6.07) is 17.6. The number of aliphatic imine (C=N–C) groups is 1. The Kier molecular flexibility index (Phi) is 6.86. The van der Waals surface area contributed by atoms with Gasteiger partial charge in [0.15, 0.2) is 5.17 Å². The van der Waals surface area contributed by atoms with Gasteiger partial charge >= 0.3 is 0 Å². The fourth-order valence-electron chi connectivity index (χ4n) is 3.11. The smallest absolute Gasteiger partial charge is 0.283 e. The molecule has 7 nitrogen and oxygen atoms in total. The molecule has 2 aromatic carbocycles. The van der Waals surface area contributed by atoms with Gasteiger partial charge in [0, 0.05) is 11.1 Å². The second kappa shape index (κ2) is 9.97. The molecule has 0 radical (unpaired) electrons. The molecule has 4 rings (SSSR count). The summed E-state index contributed by atoms with van der Waals surface area (Å²) < 4.78 is 10.6. The van der Waals surface area contributed by atoms with E-state index in [1.807, 2.05) is 30.3 Å². The number of amides is 2. The topological polar surface area (TPSA) is 84.1 Å². The van der Waals surface area contributed by atoms with Crippen molar-refractivity contribution in [2.24, 2.45) is 4.99 Å². The van der Waals surface area contributed by atoms with Gasteiger partial charge in [-0.2, -0.15) is 0 Å². The molecule has 1 N–H and O–H groups in total. The highest BCUT2D eigenvalue weighted by atomic mass is 35.5. The molecule has 2 amide bonds. The molecule has 1 aliphatic heterocycles. The number of hydrogen-bond donors (Lipinski definition) is 1. The average Bonchev–Trinajstić information content (AvgIpc) is 3.42. The van der Waals surface area contributed by atoms with Gasteiger partial charge in [0.05, 0.1) is 30.0 Å². The van der Waals surface area contributed by atoms with Gasteiger partial charge in [-0.15, -0.1) is 0 Å². The minimum Gasteiger partial charge on any atom is -0.495 e. The third-order valence-electron chi connectivity index (χ3n) is 4.74. The number of rotatable bonds is 6. The number of nitrogens with zero attached hydrogens (tertiary/aromatic N) is 2. The average molecular weight is 482 g/mol. The van der Waals surface area contributed by atoms with Crippen molar-refractivity contribution in [2.45, 2.75) is 12.2 Å². The summed E-state index contributed by atoms with van der Waals surface area (Å²) in [5.41, 5.74) is 1.34. The fourth-order valence-corrected chi connectivity index (χ4v) is 4.21. The van der Waals surface area contributed by atoms with E-state index in [4.69, 9.17) is 20.8 Å². The number of ether oxygens (including phenoxy) is 1. The number of nitrogens with one attached hydrogen (secondary N) is 1. The van der Waals surface area contributed by atoms with Crippen molar-refractivity contribution in [3.8, 4) is 5.75 Å². The first-order chi connectivity index (χ1) is 16.0. The molecular formula is C24H20ClN3O4S. The summed E-state index contributed by atoms with van der Waals surface area (Å²) in [5, 5.41) is 3.12. The molecule has 1 unspecified atom stereocenters. The Labute approximate surface area is 200 Å². The van der Waals surface area contributed by atoms with Crippen molar-refractivity contribution in [3.05, 3.63) is 83.4 Å². The monoisotopic (exact) mass is 481 g/mol. The number of benzene rings is 2. The molecule has 33 heavy (non-hydrogen) atoms. The number of anilines is 2. The van der Waals surface area contributed by atoms with Crippen molar-refractivity contribution in [2.75, 3.05) is 17.3 Å². The van der Waals surface area contributed by atoms with Crippen LogP contribution in [0.1, 0.15) is 12.7 Å². The Hall–Kier alpha value is -3.49. The summed E-state index contributed by atoms with van der Waals surface area (Å²) in [6.07, 6.45) is 3.10. The number of carbonyl (C=O) groups is 2. The molecule has 1 atom stereocenters. The minimum absolute atomic E-state index is 0.223. The van der Waals surface area contributed by atoms with Crippen LogP contribution in [0.2, 0.25) is 5.02 Å². The zero-order valence-corrected chi connectivity index (χ0v) is 19.4. The molecule has 0 spiro atoms. The highest BCUT2D eigenvalue weighted by Crippen LogP contribution is 2.32. The zero-order chi connectivity index (χ0) is 23.4. The van der Waals surface area contributed by atoms with Gasteiger partial charge in [-0.1, -0.05) is 41.6 Å². The van der Waals surface area contributed by atoms with Crippen LogP contribution in [0, 0.1) is 0 Å². The third-order valence-corrected chi connectivity index (χ3v) is 6.02. The Balaban J connectivity index is 1.59. The molecule has 1 aliphatic rings. The van der Waals surface area contributed by atoms with E-state index in [-0.39, 0.29) is 17.5 Å². The first-order valence-corrected chi connectivity index (χ1v) is 11.3. The van der Waals surface area contributed by atoms with Crippen molar-refractivity contribution in [3.63, 3.8) is 0 Å². The highest BCUT2D eigenvalue weighted by molar-refractivity contribution is 8.15. The van der Waals surface area contributed by atoms with E-state index in [1.165, 1.54) is 30.0 Å². The second-order valence-corrected chi connectivity index (χ2v) is 8.75. The van der Waals surface area contributed by atoms with E-state index in [0.717, 1.165) is 0 Å². The maximum absolute atomic E-state index is 13.2. The normalized spacial score (nSPS) is 15.5. The second-order valence-electron chi connectivity index (χ2n) is 7.01. The van der Waals surface area contributed by atoms with Crippen LogP contribution in [-0.4, -0.2) is 29.3 Å². The lowest BCUT2D eigenvalue weighted by molar-refractivity contribution is -0.115. The predicted molar refractivity (Wildman–Crippen MR) is 132 cm³/mol. The van der Waals surface area contributed by atoms with Crippen LogP contribution in [0.5, 0.6) is 5.75 Å². The lowest BCUT2D eigenvalue weighted by Crippen LogP contribution is -2.33. The van der Waals surface area contributed by atoms with E-state index in [2.05, 4.69) is 10.3 Å². The SMILES string of the molecule is COc1ccc(Cl)cc1NC(=O)C(C)SC1=N/C(=C/c2ccco2)C(=O)N1c1ccccc1. The third kappa shape index (κ3) is 5.13. The van der Waals surface area contributed by atoms with E-state index < -0.39 is 5.25 Å². The highest BCUT2D eigenvalue weighted by Gasteiger charge is 2.34. The number of methoxy groups -OCH3 is 1. The predicted octanol–water partition coefficient (Wildman–Crippen LogP) is 5.45. The van der Waals surface area contributed by atoms with Crippen LogP contribution >= 0.6 is 23.4 Å². The van der Waals surface area contributed by atoms with Crippen molar-refractivity contribution >= 4 is 57.8 Å². The summed E-state index contributed by atoms with van der Waals surface area (Å²) in [4.78, 5) is 32.1. The number of halogens is 1. The summed E-state index contributed by atoms with van der Waals surface area (Å²) >= 11 is 7.24. The van der Waals surface area contributed by atoms with Crippen molar-refractivity contribution in [1.82, 2.24) is 0 Å². The van der Waals surface area contributed by atoms with Crippen LogP contribution in [0.15, 0.2) is 82.0 Å². The molecular weight excluding hydrogens is 462 g/mol. The van der Waals surface area contributed by atoms with Crippen LogP contribution in [0.25, 0.3) is 6.08 Å². The number of thioether (sulfide) groups is 1. The quantitative estimate of drug-likeness (QED) is 0.473. The van der Waals surface area contributed by atoms with Crippen LogP contribution in [0.4, 0.5) is 11.4 Å². The van der Waals surface area contributed by atoms with Crippen LogP contribution in [-0.2, 0) is 9.59 Å². The van der Waals surface area contributed by atoms with Crippen molar-refractivity contribution in [1.29, 1.82) is 0 Å². The standard InChI is InChI=1S/C24H20ClN3O4S/c1-15(22(29)26-19-13-16(25)10-11-21(19)31-2)33-24-27-20(14-18-9-6-12-32-18)23(30)28(24)17-7-4-3-5-8-17/h3-15H,1-2H3,(H,26,29)/b20-14+. The lowest BCUT2D eigenvalue weighted by Gasteiger charge is -2.20. The fraction of sp³-hybridized carbons (Fsp3) is 0.125. The van der Waals surface area contributed by atoms with Gasteiger partial charge in [0.2, 0.25) is 5.91 Å². The molecule has 0 aliphatic carbocycles. The van der Waals surface area contributed by atoms with Gasteiger partial charge in [-0.05, 0) is 49.4 Å². The largest absolute Gasteiger partial charge is 0.495 e. The molecule has 0 saturated heterocycles. The molecule has 9 heteroatoms. The van der Waals surface area contributed by atoms with Crippen molar-refractivity contribution < 1.29 is 18.7 Å². The minimum atomic E-state index is -0.575. The first kappa shape index (κ1) is 22.7. The Morgan fingerprint density at radius 1 is 1.21 bits per heavy atom. The Morgan fingerprint density at radius 3 is 2.70 bits per heavy atom. The van der Waals surface area contributed by atoms with E-state index in [1.54, 1.807) is 43.3 Å². The van der Waals surface area contributed by atoms with Gasteiger partial charge < -0.3 is 14.5 Å². The Morgan fingerprint density at radius 2 is 2.00 bits per heavy atom. The zero-order valence-electron chi connectivity index (χ0n) is 17.8. The lowest BCUT2D eigenvalue weighted by atomic mass is 10.2. The maximum atomic E-state index is 13.2. The summed E-state index contributed by atoms with van der Waals surface area (Å²) in [7, 11) is 1.51. The van der Waals surface area contributed by atoms with Gasteiger partial charge in [-0.25, -0.2) is 4.99 Å². The van der Waals surface area contributed by atoms with Gasteiger partial charge in [0.1, 0.15) is 17.2 Å². The van der Waals surface area contributed by atoms with Gasteiger partial charge in [-0.3, -0.25) is 14.5 Å². The maximum Gasteiger partial charge on any atom is 0.283 e. The molecule has 0 bridgehead atoms. The van der Waals surface area contributed by atoms with E-state index in [9.17, 15) is 9.59 Å². The number of furan rings is 1. The summed E-state index contributed by atoms with van der Waals surface area (Å²) in [6.45, 7) is 1.74. The molecule has 0 fully saturated rings. The molecule has 168 valence electrons. The first-order valence-electron chi connectivity index (χ1n) is 10.0.